The average molecular weight is 393 g/mol. The molecule has 29 heavy (non-hydrogen) atoms. The van der Waals surface area contributed by atoms with Gasteiger partial charge < -0.3 is 19.5 Å². The highest BCUT2D eigenvalue weighted by molar-refractivity contribution is 5.95. The molecule has 2 amide bonds. The average Bonchev–Trinajstić information content (AvgIpc) is 3.37. The first-order chi connectivity index (χ1) is 14.1. The van der Waals surface area contributed by atoms with E-state index in [1.165, 1.54) is 0 Å². The fraction of sp³-hybridized carbons (Fsp3) is 0.286. The van der Waals surface area contributed by atoms with Crippen LogP contribution < -0.4 is 5.32 Å². The summed E-state index contributed by atoms with van der Waals surface area (Å²) in [4.78, 5) is 27.2. The number of hydrogen-bond donors (Lipinski definition) is 2. The molecule has 1 aromatic carbocycles. The zero-order valence-electron chi connectivity index (χ0n) is 16.2. The molecule has 2 aromatic heterocycles. The number of benzene rings is 1. The van der Waals surface area contributed by atoms with Crippen LogP contribution in [0.3, 0.4) is 0 Å². The minimum Gasteiger partial charge on any atom is -0.377 e. The van der Waals surface area contributed by atoms with Crippen LogP contribution in [-0.4, -0.2) is 57.3 Å². The first-order valence-electron chi connectivity index (χ1n) is 9.52. The van der Waals surface area contributed by atoms with Crippen LogP contribution in [-0.2, 0) is 16.6 Å². The van der Waals surface area contributed by atoms with Gasteiger partial charge in [0.2, 0.25) is 5.91 Å². The molecule has 1 saturated heterocycles. The third-order valence-corrected chi connectivity index (χ3v) is 4.98. The zero-order valence-corrected chi connectivity index (χ0v) is 16.2. The lowest BCUT2D eigenvalue weighted by molar-refractivity contribution is -0.118. The van der Waals surface area contributed by atoms with Crippen molar-refractivity contribution in [1.29, 1.82) is 0 Å². The highest BCUT2D eigenvalue weighted by atomic mass is 16.5. The Morgan fingerprint density at radius 2 is 2.07 bits per heavy atom. The Morgan fingerprint density at radius 3 is 2.83 bits per heavy atom. The zero-order chi connectivity index (χ0) is 20.2. The Hall–Kier alpha value is -3.39. The number of aromatic amines is 1. The molecule has 0 spiro atoms. The molecule has 8 nitrogen and oxygen atoms in total. The van der Waals surface area contributed by atoms with Crippen LogP contribution in [0.5, 0.6) is 0 Å². The number of carbonyl (C=O) groups is 2. The third-order valence-electron chi connectivity index (χ3n) is 4.98. The summed E-state index contributed by atoms with van der Waals surface area (Å²) in [6.45, 7) is 1.20. The Balaban J connectivity index is 1.46. The molecule has 0 bridgehead atoms. The standard InChI is InChI=1S/C21H23N5O3/c1-25-9-5-8-19(25)17-13-18(24-23-17)21(28)26-10-11-29-14-16(26)12-20(27)22-15-6-3-2-4-7-15/h2-9,13,16H,10-12,14H2,1H3,(H,22,27)(H,23,24). The highest BCUT2D eigenvalue weighted by Crippen LogP contribution is 2.20. The molecule has 0 aliphatic carbocycles. The van der Waals surface area contributed by atoms with Crippen LogP contribution in [0.15, 0.2) is 54.7 Å². The van der Waals surface area contributed by atoms with Crippen molar-refractivity contribution in [3.05, 3.63) is 60.4 Å². The summed E-state index contributed by atoms with van der Waals surface area (Å²) < 4.78 is 7.47. The monoisotopic (exact) mass is 393 g/mol. The molecule has 1 aliphatic rings. The Kier molecular flexibility index (Phi) is 5.44. The number of morpholine rings is 1. The van der Waals surface area contributed by atoms with E-state index in [1.54, 1.807) is 11.0 Å². The van der Waals surface area contributed by atoms with Crippen molar-refractivity contribution >= 4 is 17.5 Å². The molecule has 1 aliphatic heterocycles. The number of nitrogens with one attached hydrogen (secondary N) is 2. The summed E-state index contributed by atoms with van der Waals surface area (Å²) in [5.41, 5.74) is 2.75. The van der Waals surface area contributed by atoms with Crippen molar-refractivity contribution in [2.24, 2.45) is 7.05 Å². The smallest absolute Gasteiger partial charge is 0.272 e. The topological polar surface area (TPSA) is 92.2 Å². The van der Waals surface area contributed by atoms with E-state index in [0.29, 0.717) is 31.1 Å². The number of aromatic nitrogens is 3. The van der Waals surface area contributed by atoms with E-state index in [-0.39, 0.29) is 24.3 Å². The van der Waals surface area contributed by atoms with Gasteiger partial charge in [-0.05, 0) is 30.3 Å². The van der Waals surface area contributed by atoms with Gasteiger partial charge in [-0.1, -0.05) is 18.2 Å². The number of ether oxygens (including phenoxy) is 1. The molecule has 1 atom stereocenters. The van der Waals surface area contributed by atoms with Gasteiger partial charge in [-0.3, -0.25) is 14.7 Å². The number of anilines is 1. The van der Waals surface area contributed by atoms with Crippen LogP contribution in [0.4, 0.5) is 5.69 Å². The second-order valence-electron chi connectivity index (χ2n) is 7.02. The number of H-pyrrole nitrogens is 1. The predicted octanol–water partition coefficient (Wildman–Crippen LogP) is 2.29. The van der Waals surface area contributed by atoms with Crippen LogP contribution in [0.1, 0.15) is 16.9 Å². The number of aryl methyl sites for hydroxylation is 1. The Bertz CT molecular complexity index is 995. The number of para-hydroxylation sites is 1. The van der Waals surface area contributed by atoms with Crippen LogP contribution >= 0.6 is 0 Å². The van der Waals surface area contributed by atoms with Gasteiger partial charge in [0.25, 0.3) is 5.91 Å². The van der Waals surface area contributed by atoms with Gasteiger partial charge in [0.1, 0.15) is 11.4 Å². The molecule has 1 fully saturated rings. The van der Waals surface area contributed by atoms with Crippen molar-refractivity contribution in [2.75, 3.05) is 25.1 Å². The van der Waals surface area contributed by atoms with E-state index in [0.717, 1.165) is 11.4 Å². The quantitative estimate of drug-likeness (QED) is 0.696. The highest BCUT2D eigenvalue weighted by Gasteiger charge is 2.31. The first kappa shape index (κ1) is 18.9. The largest absolute Gasteiger partial charge is 0.377 e. The van der Waals surface area contributed by atoms with Crippen molar-refractivity contribution < 1.29 is 14.3 Å². The van der Waals surface area contributed by atoms with E-state index < -0.39 is 0 Å². The van der Waals surface area contributed by atoms with Gasteiger partial charge >= 0.3 is 0 Å². The van der Waals surface area contributed by atoms with Gasteiger partial charge in [0, 0.05) is 31.9 Å². The molecule has 0 saturated carbocycles. The molecule has 0 radical (unpaired) electrons. The van der Waals surface area contributed by atoms with E-state index in [4.69, 9.17) is 4.74 Å². The SMILES string of the molecule is Cn1cccc1-c1cc(C(=O)N2CCOCC2CC(=O)Nc2ccccc2)[nH]n1. The summed E-state index contributed by atoms with van der Waals surface area (Å²) in [5.74, 6) is -0.336. The first-order valence-corrected chi connectivity index (χ1v) is 9.52. The van der Waals surface area contributed by atoms with E-state index in [1.807, 2.05) is 60.3 Å². The van der Waals surface area contributed by atoms with Gasteiger partial charge in [-0.25, -0.2) is 0 Å². The lowest BCUT2D eigenvalue weighted by Crippen LogP contribution is -2.50. The van der Waals surface area contributed by atoms with Crippen molar-refractivity contribution in [2.45, 2.75) is 12.5 Å². The molecular weight excluding hydrogens is 370 g/mol. The van der Waals surface area contributed by atoms with Crippen LogP contribution in [0.25, 0.3) is 11.4 Å². The molecule has 4 rings (SSSR count). The number of nitrogens with zero attached hydrogens (tertiary/aromatic N) is 3. The summed E-state index contributed by atoms with van der Waals surface area (Å²) in [5, 5.41) is 9.97. The van der Waals surface area contributed by atoms with E-state index in [9.17, 15) is 9.59 Å². The Morgan fingerprint density at radius 1 is 1.24 bits per heavy atom. The third kappa shape index (κ3) is 4.22. The summed E-state index contributed by atoms with van der Waals surface area (Å²) in [6, 6.07) is 14.5. The van der Waals surface area contributed by atoms with Crippen molar-refractivity contribution in [3.8, 4) is 11.4 Å². The van der Waals surface area contributed by atoms with Gasteiger partial charge in [0.05, 0.1) is 24.9 Å². The van der Waals surface area contributed by atoms with Gasteiger partial charge in [-0.2, -0.15) is 5.10 Å². The lowest BCUT2D eigenvalue weighted by Gasteiger charge is -2.35. The van der Waals surface area contributed by atoms with Crippen LogP contribution in [0.2, 0.25) is 0 Å². The fourth-order valence-corrected chi connectivity index (χ4v) is 3.48. The molecule has 1 unspecified atom stereocenters. The maximum absolute atomic E-state index is 13.1. The predicted molar refractivity (Wildman–Crippen MR) is 108 cm³/mol. The summed E-state index contributed by atoms with van der Waals surface area (Å²) in [7, 11) is 1.93. The fourth-order valence-electron chi connectivity index (χ4n) is 3.48. The normalized spacial score (nSPS) is 16.6. The summed E-state index contributed by atoms with van der Waals surface area (Å²) >= 11 is 0. The molecule has 8 heteroatoms. The molecule has 3 heterocycles. The van der Waals surface area contributed by atoms with E-state index >= 15 is 0 Å². The lowest BCUT2D eigenvalue weighted by atomic mass is 10.1. The van der Waals surface area contributed by atoms with Gasteiger partial charge in [-0.15, -0.1) is 0 Å². The minimum absolute atomic E-state index is 0.154. The number of hydrogen-bond acceptors (Lipinski definition) is 4. The number of rotatable bonds is 5. The number of amides is 2. The molecule has 150 valence electrons. The molecule has 3 aromatic rings. The van der Waals surface area contributed by atoms with Crippen molar-refractivity contribution in [1.82, 2.24) is 19.7 Å². The number of carbonyl (C=O) groups excluding carboxylic acids is 2. The maximum Gasteiger partial charge on any atom is 0.272 e. The van der Waals surface area contributed by atoms with Crippen molar-refractivity contribution in [3.63, 3.8) is 0 Å². The molecule has 2 N–H and O–H groups in total. The molecular formula is C21H23N5O3. The van der Waals surface area contributed by atoms with E-state index in [2.05, 4.69) is 15.5 Å². The summed E-state index contributed by atoms with van der Waals surface area (Å²) in [6.07, 6.45) is 2.09. The maximum atomic E-state index is 13.1. The van der Waals surface area contributed by atoms with Crippen LogP contribution in [0, 0.1) is 0 Å². The minimum atomic E-state index is -0.332. The Labute approximate surface area is 168 Å². The van der Waals surface area contributed by atoms with Gasteiger partial charge in [0.15, 0.2) is 0 Å². The second kappa shape index (κ2) is 8.32. The second-order valence-corrected chi connectivity index (χ2v) is 7.02.